The molecule has 0 aliphatic heterocycles. The molecule has 1 aliphatic rings. The fourth-order valence-corrected chi connectivity index (χ4v) is 5.27. The Hall–Kier alpha value is -3.80. The largest absolute Gasteiger partial charge is 0.382 e. The van der Waals surface area contributed by atoms with Gasteiger partial charge in [-0.05, 0) is 43.0 Å². The lowest BCUT2D eigenvalue weighted by Gasteiger charge is -2.16. The van der Waals surface area contributed by atoms with Crippen molar-refractivity contribution in [2.75, 3.05) is 25.3 Å². The van der Waals surface area contributed by atoms with Gasteiger partial charge in [0.2, 0.25) is 10.0 Å². The van der Waals surface area contributed by atoms with Crippen molar-refractivity contribution in [1.29, 1.82) is 0 Å². The van der Waals surface area contributed by atoms with Crippen LogP contribution in [0.3, 0.4) is 0 Å². The maximum atomic E-state index is 13.0. The van der Waals surface area contributed by atoms with Gasteiger partial charge in [0.25, 0.3) is 11.8 Å². The number of carbonyl (C=O) groups is 2. The minimum Gasteiger partial charge on any atom is -0.382 e. The van der Waals surface area contributed by atoms with Gasteiger partial charge < -0.3 is 15.4 Å². The number of anilines is 1. The molecule has 0 spiro atoms. The van der Waals surface area contributed by atoms with Gasteiger partial charge in [0.15, 0.2) is 5.13 Å². The minimum absolute atomic E-state index is 0.0814. The fraction of sp³-hybridized carbons (Fsp3) is 0.250. The molecule has 0 saturated heterocycles. The highest BCUT2D eigenvalue weighted by Crippen LogP contribution is 2.29. The Morgan fingerprint density at radius 1 is 1.23 bits per heavy atom. The van der Waals surface area contributed by atoms with Crippen LogP contribution in [0.25, 0.3) is 16.8 Å². The first kappa shape index (κ1) is 28.2. The molecular formula is C28H30N4O5S2. The summed E-state index contributed by atoms with van der Waals surface area (Å²) in [6.07, 6.45) is 14.0. The second kappa shape index (κ2) is 12.4. The summed E-state index contributed by atoms with van der Waals surface area (Å²) in [6, 6.07) is 8.44. The molecule has 39 heavy (non-hydrogen) atoms. The van der Waals surface area contributed by atoms with E-state index in [1.54, 1.807) is 0 Å². The molecule has 2 N–H and O–H groups in total. The van der Waals surface area contributed by atoms with E-state index < -0.39 is 27.9 Å². The van der Waals surface area contributed by atoms with E-state index in [2.05, 4.69) is 59.0 Å². The molecule has 0 saturated carbocycles. The summed E-state index contributed by atoms with van der Waals surface area (Å²) >= 11 is 1.27. The number of nitrogens with zero attached hydrogens (tertiary/aromatic N) is 2. The number of benzene rings is 1. The Morgan fingerprint density at radius 3 is 2.77 bits per heavy atom. The van der Waals surface area contributed by atoms with E-state index >= 15 is 0 Å². The first-order valence-electron chi connectivity index (χ1n) is 12.2. The number of rotatable bonds is 9. The zero-order valence-electron chi connectivity index (χ0n) is 21.9. The van der Waals surface area contributed by atoms with E-state index in [0.29, 0.717) is 5.13 Å². The Labute approximate surface area is 232 Å². The Morgan fingerprint density at radius 2 is 2.03 bits per heavy atom. The fourth-order valence-electron chi connectivity index (χ4n) is 3.96. The number of thiazole rings is 1. The lowest BCUT2D eigenvalue weighted by molar-refractivity contribution is -0.119. The summed E-state index contributed by atoms with van der Waals surface area (Å²) in [5.74, 6) is -1.11. The van der Waals surface area contributed by atoms with Gasteiger partial charge in [0.1, 0.15) is 6.04 Å². The standard InChI is InChI=1S/C28H30N4O5S2/c1-19-7-4-9-20(10-5-8-19)21-11-6-12-22(15-21)25-18-38-28(30-25)31-27(34)24(17-37-2)29-26(33)23-13-14-32(16-23)39(3,35)36/h4,6-7,9-16,18,24H,5,8,17H2,1-3H3,(H,29,33)(H,30,31,34)/b9-4?,19-7+,20-10?/t24-/m0/s1. The topological polar surface area (TPSA) is 119 Å². The number of hydrogen-bond acceptors (Lipinski definition) is 7. The molecule has 0 radical (unpaired) electrons. The molecule has 1 aromatic carbocycles. The van der Waals surface area contributed by atoms with E-state index in [1.165, 1.54) is 42.5 Å². The van der Waals surface area contributed by atoms with Crippen LogP contribution >= 0.6 is 11.3 Å². The molecular weight excluding hydrogens is 536 g/mol. The van der Waals surface area contributed by atoms with Crippen molar-refractivity contribution in [3.8, 4) is 11.3 Å². The van der Waals surface area contributed by atoms with E-state index in [-0.39, 0.29) is 12.2 Å². The lowest BCUT2D eigenvalue weighted by atomic mass is 9.98. The molecule has 0 bridgehead atoms. The number of methoxy groups -OCH3 is 1. The van der Waals surface area contributed by atoms with Crippen molar-refractivity contribution in [2.24, 2.45) is 0 Å². The van der Waals surface area contributed by atoms with E-state index in [0.717, 1.165) is 45.5 Å². The third-order valence-electron chi connectivity index (χ3n) is 6.05. The molecule has 4 rings (SSSR count). The summed E-state index contributed by atoms with van der Waals surface area (Å²) in [4.78, 5) is 30.2. The molecule has 2 amide bonds. The van der Waals surface area contributed by atoms with Gasteiger partial charge in [-0.3, -0.25) is 13.6 Å². The van der Waals surface area contributed by atoms with Crippen molar-refractivity contribution in [3.63, 3.8) is 0 Å². The summed E-state index contributed by atoms with van der Waals surface area (Å²) in [5.41, 5.74) is 5.33. The maximum absolute atomic E-state index is 13.0. The second-order valence-corrected chi connectivity index (χ2v) is 11.9. The Bertz CT molecular complexity index is 1560. The molecule has 3 aromatic rings. The van der Waals surface area contributed by atoms with E-state index in [4.69, 9.17) is 4.74 Å². The van der Waals surface area contributed by atoms with Gasteiger partial charge in [0.05, 0.1) is 24.1 Å². The first-order valence-corrected chi connectivity index (χ1v) is 15.0. The molecule has 1 aliphatic carbocycles. The first-order chi connectivity index (χ1) is 18.6. The quantitative estimate of drug-likeness (QED) is 0.394. The lowest BCUT2D eigenvalue weighted by Crippen LogP contribution is -2.46. The Kier molecular flexibility index (Phi) is 8.95. The van der Waals surface area contributed by atoms with Crippen molar-refractivity contribution >= 4 is 43.9 Å². The minimum atomic E-state index is -3.53. The SMILES string of the molecule is COC[C@H](NC(=O)c1ccn(S(C)(=O)=O)c1)C(=O)Nc1nc(-c2cccc(C3=CCC/C(C)=C/C=C3)c2)cs1. The van der Waals surface area contributed by atoms with Crippen molar-refractivity contribution < 1.29 is 22.7 Å². The van der Waals surface area contributed by atoms with Gasteiger partial charge in [-0.2, -0.15) is 0 Å². The normalized spacial score (nSPS) is 15.9. The molecule has 2 heterocycles. The summed E-state index contributed by atoms with van der Waals surface area (Å²) in [7, 11) is -2.11. The summed E-state index contributed by atoms with van der Waals surface area (Å²) in [6.45, 7) is 2.05. The van der Waals surface area contributed by atoms with Crippen LogP contribution < -0.4 is 10.6 Å². The molecule has 0 fully saturated rings. The summed E-state index contributed by atoms with van der Waals surface area (Å²) < 4.78 is 29.4. The van der Waals surface area contributed by atoms with Crippen LogP contribution in [-0.4, -0.2) is 55.2 Å². The van der Waals surface area contributed by atoms with Crippen LogP contribution in [0.15, 0.2) is 78.0 Å². The number of aromatic nitrogens is 2. The van der Waals surface area contributed by atoms with Crippen LogP contribution in [0.4, 0.5) is 5.13 Å². The van der Waals surface area contributed by atoms with Crippen molar-refractivity contribution in [1.82, 2.24) is 14.3 Å². The van der Waals surface area contributed by atoms with E-state index in [1.807, 2.05) is 17.5 Å². The highest BCUT2D eigenvalue weighted by Gasteiger charge is 2.23. The van der Waals surface area contributed by atoms with Gasteiger partial charge in [0, 0.05) is 30.4 Å². The van der Waals surface area contributed by atoms with Crippen molar-refractivity contribution in [3.05, 3.63) is 89.1 Å². The van der Waals surface area contributed by atoms with Crippen molar-refractivity contribution in [2.45, 2.75) is 25.8 Å². The summed E-state index contributed by atoms with van der Waals surface area (Å²) in [5, 5.41) is 7.58. The second-order valence-electron chi connectivity index (χ2n) is 9.15. The monoisotopic (exact) mass is 566 g/mol. The van der Waals surface area contributed by atoms with Gasteiger partial charge >= 0.3 is 0 Å². The number of amides is 2. The van der Waals surface area contributed by atoms with Crippen LogP contribution in [0.5, 0.6) is 0 Å². The van der Waals surface area contributed by atoms with Gasteiger partial charge in [-0.1, -0.05) is 48.1 Å². The number of ether oxygens (including phenoxy) is 1. The smallest absolute Gasteiger partial charge is 0.253 e. The van der Waals surface area contributed by atoms with Gasteiger partial charge in [-0.15, -0.1) is 11.3 Å². The maximum Gasteiger partial charge on any atom is 0.253 e. The molecule has 2 aromatic heterocycles. The zero-order valence-corrected chi connectivity index (χ0v) is 23.5. The highest BCUT2D eigenvalue weighted by molar-refractivity contribution is 7.89. The predicted octanol–water partition coefficient (Wildman–Crippen LogP) is 4.48. The van der Waals surface area contributed by atoms with E-state index in [9.17, 15) is 18.0 Å². The molecule has 0 unspecified atom stereocenters. The third-order valence-corrected chi connectivity index (χ3v) is 7.80. The average molecular weight is 567 g/mol. The number of nitrogens with one attached hydrogen (secondary N) is 2. The average Bonchev–Trinajstić information content (AvgIpc) is 3.56. The third kappa shape index (κ3) is 7.41. The molecule has 11 heteroatoms. The van der Waals surface area contributed by atoms with Crippen LogP contribution in [0.1, 0.15) is 35.7 Å². The van der Waals surface area contributed by atoms with Gasteiger partial charge in [-0.25, -0.2) is 13.4 Å². The molecule has 9 nitrogen and oxygen atoms in total. The zero-order chi connectivity index (χ0) is 28.0. The number of allylic oxidation sites excluding steroid dienone is 6. The molecule has 204 valence electrons. The van der Waals surface area contributed by atoms with Crippen LogP contribution in [0.2, 0.25) is 0 Å². The number of carbonyl (C=O) groups excluding carboxylic acids is 2. The molecule has 1 atom stereocenters. The Balaban J connectivity index is 1.45. The number of hydrogen-bond donors (Lipinski definition) is 2. The predicted molar refractivity (Wildman–Crippen MR) is 154 cm³/mol. The van der Waals surface area contributed by atoms with Crippen LogP contribution in [0, 0.1) is 0 Å². The van der Waals surface area contributed by atoms with Crippen LogP contribution in [-0.2, 0) is 19.6 Å². The highest BCUT2D eigenvalue weighted by atomic mass is 32.2.